The summed E-state index contributed by atoms with van der Waals surface area (Å²) in [6.07, 6.45) is -0.0815. The molecule has 14 heavy (non-hydrogen) atoms. The molecule has 1 saturated heterocycles. The first kappa shape index (κ1) is 9.06. The normalized spacial score (nSPS) is 26.5. The molecule has 2 unspecified atom stereocenters. The number of cyclic esters (lactones) is 2. The first-order chi connectivity index (χ1) is 6.75. The lowest BCUT2D eigenvalue weighted by Crippen LogP contribution is -2.27. The van der Waals surface area contributed by atoms with Crippen LogP contribution in [0.3, 0.4) is 0 Å². The highest BCUT2D eigenvalue weighted by molar-refractivity contribution is 5.61. The SMILES string of the molecule is CC1CC(c2ccccc2)OC(=O)O1. The second-order valence-corrected chi connectivity index (χ2v) is 3.43. The van der Waals surface area contributed by atoms with Gasteiger partial charge in [0.2, 0.25) is 0 Å². The van der Waals surface area contributed by atoms with Gasteiger partial charge in [-0.15, -0.1) is 0 Å². The molecule has 1 aliphatic heterocycles. The molecule has 0 saturated carbocycles. The zero-order valence-electron chi connectivity index (χ0n) is 7.97. The molecule has 0 amide bonds. The van der Waals surface area contributed by atoms with Gasteiger partial charge >= 0.3 is 6.16 Å². The van der Waals surface area contributed by atoms with Crippen molar-refractivity contribution in [3.05, 3.63) is 35.9 Å². The molecule has 1 aromatic carbocycles. The maximum atomic E-state index is 11.0. The van der Waals surface area contributed by atoms with E-state index < -0.39 is 6.16 Å². The summed E-state index contributed by atoms with van der Waals surface area (Å²) in [4.78, 5) is 11.0. The third-order valence-corrected chi connectivity index (χ3v) is 2.25. The topological polar surface area (TPSA) is 35.5 Å². The van der Waals surface area contributed by atoms with E-state index in [0.29, 0.717) is 0 Å². The Morgan fingerprint density at radius 3 is 2.57 bits per heavy atom. The Bertz CT molecular complexity index is 321. The summed E-state index contributed by atoms with van der Waals surface area (Å²) in [6.45, 7) is 1.87. The fourth-order valence-corrected chi connectivity index (χ4v) is 1.58. The minimum Gasteiger partial charge on any atom is -0.431 e. The van der Waals surface area contributed by atoms with Crippen molar-refractivity contribution in [2.45, 2.75) is 25.6 Å². The Labute approximate surface area is 82.6 Å². The van der Waals surface area contributed by atoms with Gasteiger partial charge in [-0.05, 0) is 12.5 Å². The summed E-state index contributed by atoms with van der Waals surface area (Å²) in [7, 11) is 0. The Morgan fingerprint density at radius 2 is 1.93 bits per heavy atom. The molecule has 0 bridgehead atoms. The number of benzene rings is 1. The van der Waals surface area contributed by atoms with Crippen molar-refractivity contribution in [2.24, 2.45) is 0 Å². The fraction of sp³-hybridized carbons (Fsp3) is 0.364. The van der Waals surface area contributed by atoms with Crippen molar-refractivity contribution in [1.82, 2.24) is 0 Å². The third kappa shape index (κ3) is 1.87. The molecule has 2 atom stereocenters. The molecule has 0 aliphatic carbocycles. The van der Waals surface area contributed by atoms with Crippen LogP contribution in [0.15, 0.2) is 30.3 Å². The molecule has 1 aliphatic rings. The highest BCUT2D eigenvalue weighted by Gasteiger charge is 2.27. The molecule has 0 radical (unpaired) electrons. The van der Waals surface area contributed by atoms with E-state index in [-0.39, 0.29) is 12.2 Å². The van der Waals surface area contributed by atoms with E-state index in [4.69, 9.17) is 9.47 Å². The lowest BCUT2D eigenvalue weighted by atomic mass is 10.0. The van der Waals surface area contributed by atoms with Gasteiger partial charge in [-0.3, -0.25) is 0 Å². The van der Waals surface area contributed by atoms with Gasteiger partial charge in [0, 0.05) is 6.42 Å². The molecule has 1 heterocycles. The Morgan fingerprint density at radius 1 is 1.21 bits per heavy atom. The lowest BCUT2D eigenvalue weighted by molar-refractivity contribution is -0.0550. The number of hydrogen-bond acceptors (Lipinski definition) is 3. The smallest absolute Gasteiger partial charge is 0.431 e. The van der Waals surface area contributed by atoms with Crippen molar-refractivity contribution in [1.29, 1.82) is 0 Å². The summed E-state index contributed by atoms with van der Waals surface area (Å²) in [5.41, 5.74) is 1.02. The summed E-state index contributed by atoms with van der Waals surface area (Å²) >= 11 is 0. The van der Waals surface area contributed by atoms with Crippen LogP contribution >= 0.6 is 0 Å². The van der Waals surface area contributed by atoms with Crippen LogP contribution in [0.1, 0.15) is 25.0 Å². The maximum absolute atomic E-state index is 11.0. The Kier molecular flexibility index (Phi) is 2.39. The molecule has 1 aromatic rings. The number of carbonyl (C=O) groups is 1. The highest BCUT2D eigenvalue weighted by atomic mass is 16.7. The summed E-state index contributed by atoms with van der Waals surface area (Å²) in [5, 5.41) is 0. The van der Waals surface area contributed by atoms with Gasteiger partial charge in [-0.1, -0.05) is 30.3 Å². The standard InChI is InChI=1S/C11H12O3/c1-8-7-10(14-11(12)13-8)9-5-3-2-4-6-9/h2-6,8,10H,7H2,1H3. The number of hydrogen-bond donors (Lipinski definition) is 0. The molecule has 3 heteroatoms. The first-order valence-corrected chi connectivity index (χ1v) is 4.68. The summed E-state index contributed by atoms with van der Waals surface area (Å²) < 4.78 is 9.96. The second kappa shape index (κ2) is 3.70. The molecule has 74 valence electrons. The van der Waals surface area contributed by atoms with E-state index >= 15 is 0 Å². The van der Waals surface area contributed by atoms with Crippen LogP contribution in [0, 0.1) is 0 Å². The van der Waals surface area contributed by atoms with E-state index in [2.05, 4.69) is 0 Å². The summed E-state index contributed by atoms with van der Waals surface area (Å²) in [5.74, 6) is 0. The van der Waals surface area contributed by atoms with Gasteiger partial charge in [0.25, 0.3) is 0 Å². The average Bonchev–Trinajstić information content (AvgIpc) is 2.18. The molecular formula is C11H12O3. The van der Waals surface area contributed by atoms with Crippen molar-refractivity contribution in [3.63, 3.8) is 0 Å². The van der Waals surface area contributed by atoms with Gasteiger partial charge in [0.05, 0.1) is 0 Å². The third-order valence-electron chi connectivity index (χ3n) is 2.25. The van der Waals surface area contributed by atoms with Gasteiger partial charge in [0.1, 0.15) is 12.2 Å². The van der Waals surface area contributed by atoms with Crippen LogP contribution in [0.25, 0.3) is 0 Å². The fourth-order valence-electron chi connectivity index (χ4n) is 1.58. The van der Waals surface area contributed by atoms with Gasteiger partial charge in [-0.2, -0.15) is 0 Å². The van der Waals surface area contributed by atoms with E-state index in [9.17, 15) is 4.79 Å². The van der Waals surface area contributed by atoms with Crippen molar-refractivity contribution in [2.75, 3.05) is 0 Å². The van der Waals surface area contributed by atoms with Crippen LogP contribution in [-0.4, -0.2) is 12.3 Å². The quantitative estimate of drug-likeness (QED) is 0.642. The predicted molar refractivity (Wildman–Crippen MR) is 50.8 cm³/mol. The zero-order valence-corrected chi connectivity index (χ0v) is 7.97. The van der Waals surface area contributed by atoms with Gasteiger partial charge in [0.15, 0.2) is 0 Å². The molecule has 1 fully saturated rings. The zero-order chi connectivity index (χ0) is 9.97. The largest absolute Gasteiger partial charge is 0.509 e. The Balaban J connectivity index is 2.15. The van der Waals surface area contributed by atoms with Crippen molar-refractivity contribution in [3.8, 4) is 0 Å². The van der Waals surface area contributed by atoms with Crippen LogP contribution in [0.4, 0.5) is 4.79 Å². The van der Waals surface area contributed by atoms with Gasteiger partial charge < -0.3 is 9.47 Å². The number of rotatable bonds is 1. The average molecular weight is 192 g/mol. The number of ether oxygens (including phenoxy) is 2. The van der Waals surface area contributed by atoms with E-state index in [0.717, 1.165) is 12.0 Å². The molecule has 2 rings (SSSR count). The molecule has 3 nitrogen and oxygen atoms in total. The predicted octanol–water partition coefficient (Wildman–Crippen LogP) is 2.67. The van der Waals surface area contributed by atoms with Crippen LogP contribution in [-0.2, 0) is 9.47 Å². The molecule has 0 spiro atoms. The van der Waals surface area contributed by atoms with Crippen LogP contribution in [0.2, 0.25) is 0 Å². The lowest BCUT2D eigenvalue weighted by Gasteiger charge is -2.26. The Hall–Kier alpha value is -1.51. The van der Waals surface area contributed by atoms with E-state index in [1.165, 1.54) is 0 Å². The van der Waals surface area contributed by atoms with E-state index in [1.807, 2.05) is 37.3 Å². The van der Waals surface area contributed by atoms with Crippen LogP contribution in [0.5, 0.6) is 0 Å². The number of carbonyl (C=O) groups excluding carboxylic acids is 1. The van der Waals surface area contributed by atoms with Crippen molar-refractivity contribution >= 4 is 6.16 Å². The monoisotopic (exact) mass is 192 g/mol. The van der Waals surface area contributed by atoms with Crippen molar-refractivity contribution < 1.29 is 14.3 Å². The minimum atomic E-state index is -0.572. The van der Waals surface area contributed by atoms with Crippen LogP contribution < -0.4 is 0 Å². The highest BCUT2D eigenvalue weighted by Crippen LogP contribution is 2.28. The maximum Gasteiger partial charge on any atom is 0.509 e. The first-order valence-electron chi connectivity index (χ1n) is 4.68. The molecule has 0 aromatic heterocycles. The second-order valence-electron chi connectivity index (χ2n) is 3.43. The van der Waals surface area contributed by atoms with E-state index in [1.54, 1.807) is 0 Å². The molecular weight excluding hydrogens is 180 g/mol. The summed E-state index contributed by atoms with van der Waals surface area (Å²) in [6, 6.07) is 9.71. The van der Waals surface area contributed by atoms with Gasteiger partial charge in [-0.25, -0.2) is 4.79 Å². The molecule has 0 N–H and O–H groups in total. The minimum absolute atomic E-state index is 0.0681.